The molecule has 0 bridgehead atoms. The van der Waals surface area contributed by atoms with Crippen molar-refractivity contribution in [2.75, 3.05) is 39.6 Å². The maximum absolute atomic E-state index is 11.6. The van der Waals surface area contributed by atoms with E-state index in [-0.39, 0.29) is 6.03 Å². The quantitative estimate of drug-likeness (QED) is 0.813. The summed E-state index contributed by atoms with van der Waals surface area (Å²) in [5.74, 6) is 0.648. The van der Waals surface area contributed by atoms with Gasteiger partial charge in [0.2, 0.25) is 0 Å². The molecule has 0 saturated heterocycles. The lowest BCUT2D eigenvalue weighted by Crippen LogP contribution is -2.34. The Morgan fingerprint density at radius 3 is 2.71 bits per heavy atom. The van der Waals surface area contributed by atoms with E-state index in [1.54, 1.807) is 19.2 Å². The summed E-state index contributed by atoms with van der Waals surface area (Å²) in [6.45, 7) is 1.41. The first-order chi connectivity index (χ1) is 8.13. The number of nitrogens with one attached hydrogen (secondary N) is 2. The van der Waals surface area contributed by atoms with E-state index < -0.39 is 0 Å². The van der Waals surface area contributed by atoms with E-state index >= 15 is 0 Å². The molecule has 94 valence electrons. The highest BCUT2D eigenvalue weighted by Gasteiger charge is 2.05. The van der Waals surface area contributed by atoms with E-state index in [0.717, 1.165) is 6.54 Å². The van der Waals surface area contributed by atoms with Crippen molar-refractivity contribution in [1.82, 2.24) is 10.2 Å². The van der Waals surface area contributed by atoms with E-state index in [1.165, 1.54) is 0 Å². The second-order valence-corrected chi connectivity index (χ2v) is 3.88. The van der Waals surface area contributed by atoms with Crippen LogP contribution in [-0.4, -0.2) is 45.2 Å². The summed E-state index contributed by atoms with van der Waals surface area (Å²) < 4.78 is 5.14. The number of hydrogen-bond donors (Lipinski definition) is 2. The molecule has 0 saturated carbocycles. The van der Waals surface area contributed by atoms with Crippen molar-refractivity contribution in [2.45, 2.75) is 0 Å². The van der Waals surface area contributed by atoms with Crippen LogP contribution in [0, 0.1) is 0 Å². The summed E-state index contributed by atoms with van der Waals surface area (Å²) in [5, 5.41) is 5.51. The minimum Gasteiger partial charge on any atom is -0.495 e. The first-order valence-corrected chi connectivity index (χ1v) is 5.46. The van der Waals surface area contributed by atoms with Crippen molar-refractivity contribution in [1.29, 1.82) is 0 Å². The Kier molecular flexibility index (Phi) is 5.29. The standard InChI is InChI=1S/C12H19N3O2/c1-15(2)9-8-13-12(16)14-10-6-4-5-7-11(10)17-3/h4-7H,8-9H2,1-3H3,(H2,13,14,16). The number of carbonyl (C=O) groups excluding carboxylic acids is 1. The van der Waals surface area contributed by atoms with Crippen molar-refractivity contribution >= 4 is 11.7 Å². The molecule has 0 heterocycles. The molecule has 0 unspecified atom stereocenters. The Hall–Kier alpha value is -1.75. The second-order valence-electron chi connectivity index (χ2n) is 3.88. The number of methoxy groups -OCH3 is 1. The number of anilines is 1. The zero-order valence-electron chi connectivity index (χ0n) is 10.5. The Morgan fingerprint density at radius 2 is 2.06 bits per heavy atom. The van der Waals surface area contributed by atoms with E-state index in [1.807, 2.05) is 31.1 Å². The predicted octanol–water partition coefficient (Wildman–Crippen LogP) is 1.38. The van der Waals surface area contributed by atoms with E-state index in [9.17, 15) is 4.79 Å². The molecule has 2 amide bonds. The van der Waals surface area contributed by atoms with Gasteiger partial charge >= 0.3 is 6.03 Å². The molecule has 0 spiro atoms. The van der Waals surface area contributed by atoms with Crippen LogP contribution in [0.4, 0.5) is 10.5 Å². The fraction of sp³-hybridized carbons (Fsp3) is 0.417. The summed E-state index contributed by atoms with van der Waals surface area (Å²) in [6.07, 6.45) is 0. The molecule has 0 aliphatic heterocycles. The van der Waals surface area contributed by atoms with Crippen LogP contribution in [0.2, 0.25) is 0 Å². The third-order valence-corrected chi connectivity index (χ3v) is 2.20. The molecule has 5 nitrogen and oxygen atoms in total. The number of amides is 2. The van der Waals surface area contributed by atoms with Crippen LogP contribution in [0.5, 0.6) is 5.75 Å². The van der Waals surface area contributed by atoms with Gasteiger partial charge in [-0.05, 0) is 26.2 Å². The number of urea groups is 1. The van der Waals surface area contributed by atoms with Crippen LogP contribution in [0.3, 0.4) is 0 Å². The smallest absolute Gasteiger partial charge is 0.319 e. The number of likely N-dealkylation sites (N-methyl/N-ethyl adjacent to an activating group) is 1. The fourth-order valence-electron chi connectivity index (χ4n) is 1.31. The van der Waals surface area contributed by atoms with Gasteiger partial charge in [-0.2, -0.15) is 0 Å². The highest BCUT2D eigenvalue weighted by Crippen LogP contribution is 2.22. The van der Waals surface area contributed by atoms with E-state index in [2.05, 4.69) is 10.6 Å². The normalized spacial score (nSPS) is 10.1. The molecule has 0 aliphatic carbocycles. The molecule has 1 rings (SSSR count). The SMILES string of the molecule is COc1ccccc1NC(=O)NCCN(C)C. The van der Waals surface area contributed by atoms with Crippen molar-refractivity contribution in [3.63, 3.8) is 0 Å². The van der Waals surface area contributed by atoms with Crippen LogP contribution in [0.25, 0.3) is 0 Å². The summed E-state index contributed by atoms with van der Waals surface area (Å²) in [7, 11) is 5.49. The van der Waals surface area contributed by atoms with E-state index in [4.69, 9.17) is 4.74 Å². The summed E-state index contributed by atoms with van der Waals surface area (Å²) in [4.78, 5) is 13.6. The van der Waals surface area contributed by atoms with Crippen molar-refractivity contribution in [2.24, 2.45) is 0 Å². The Morgan fingerprint density at radius 1 is 1.35 bits per heavy atom. The Bertz CT molecular complexity index is 367. The zero-order valence-corrected chi connectivity index (χ0v) is 10.5. The minimum atomic E-state index is -0.226. The molecular weight excluding hydrogens is 218 g/mol. The molecule has 0 aliphatic rings. The molecule has 1 aromatic rings. The van der Waals surface area contributed by atoms with Crippen LogP contribution < -0.4 is 15.4 Å². The summed E-state index contributed by atoms with van der Waals surface area (Å²) in [5.41, 5.74) is 0.664. The predicted molar refractivity (Wildman–Crippen MR) is 68.6 cm³/mol. The maximum Gasteiger partial charge on any atom is 0.319 e. The minimum absolute atomic E-state index is 0.226. The molecule has 0 atom stereocenters. The maximum atomic E-state index is 11.6. The number of hydrogen-bond acceptors (Lipinski definition) is 3. The van der Waals surface area contributed by atoms with Crippen LogP contribution in [0.15, 0.2) is 24.3 Å². The number of para-hydroxylation sites is 2. The topological polar surface area (TPSA) is 53.6 Å². The largest absolute Gasteiger partial charge is 0.495 e. The number of rotatable bonds is 5. The van der Waals surface area contributed by atoms with Crippen molar-refractivity contribution < 1.29 is 9.53 Å². The Labute approximate surface area is 102 Å². The Balaban J connectivity index is 2.45. The van der Waals surface area contributed by atoms with Gasteiger partial charge in [0.1, 0.15) is 5.75 Å². The monoisotopic (exact) mass is 237 g/mol. The molecular formula is C12H19N3O2. The average Bonchev–Trinajstić information content (AvgIpc) is 2.29. The first kappa shape index (κ1) is 13.3. The van der Waals surface area contributed by atoms with Gasteiger partial charge in [0, 0.05) is 13.1 Å². The van der Waals surface area contributed by atoms with Gasteiger partial charge in [0.15, 0.2) is 0 Å². The molecule has 2 N–H and O–H groups in total. The van der Waals surface area contributed by atoms with Gasteiger partial charge in [-0.15, -0.1) is 0 Å². The van der Waals surface area contributed by atoms with Gasteiger partial charge in [-0.1, -0.05) is 12.1 Å². The molecule has 0 aromatic heterocycles. The lowest BCUT2D eigenvalue weighted by Gasteiger charge is -2.12. The molecule has 1 aromatic carbocycles. The lowest BCUT2D eigenvalue weighted by atomic mass is 10.3. The fourth-order valence-corrected chi connectivity index (χ4v) is 1.31. The van der Waals surface area contributed by atoms with Gasteiger partial charge in [-0.3, -0.25) is 0 Å². The molecule has 0 radical (unpaired) electrons. The number of nitrogens with zero attached hydrogens (tertiary/aromatic N) is 1. The second kappa shape index (κ2) is 6.75. The zero-order chi connectivity index (χ0) is 12.7. The highest BCUT2D eigenvalue weighted by molar-refractivity contribution is 5.90. The van der Waals surface area contributed by atoms with Crippen LogP contribution >= 0.6 is 0 Å². The van der Waals surface area contributed by atoms with Crippen LogP contribution in [-0.2, 0) is 0 Å². The molecule has 5 heteroatoms. The van der Waals surface area contributed by atoms with Crippen LogP contribution in [0.1, 0.15) is 0 Å². The lowest BCUT2D eigenvalue weighted by molar-refractivity contribution is 0.250. The first-order valence-electron chi connectivity index (χ1n) is 5.46. The third kappa shape index (κ3) is 4.74. The van der Waals surface area contributed by atoms with Gasteiger partial charge < -0.3 is 20.3 Å². The summed E-state index contributed by atoms with van der Waals surface area (Å²) in [6, 6.07) is 7.07. The molecule has 17 heavy (non-hydrogen) atoms. The van der Waals surface area contributed by atoms with E-state index in [0.29, 0.717) is 18.0 Å². The third-order valence-electron chi connectivity index (χ3n) is 2.20. The number of benzene rings is 1. The van der Waals surface area contributed by atoms with Crippen molar-refractivity contribution in [3.05, 3.63) is 24.3 Å². The van der Waals surface area contributed by atoms with Crippen molar-refractivity contribution in [3.8, 4) is 5.75 Å². The number of ether oxygens (including phenoxy) is 1. The van der Waals surface area contributed by atoms with Gasteiger partial charge in [0.25, 0.3) is 0 Å². The average molecular weight is 237 g/mol. The summed E-state index contributed by atoms with van der Waals surface area (Å²) >= 11 is 0. The van der Waals surface area contributed by atoms with Gasteiger partial charge in [0.05, 0.1) is 12.8 Å². The van der Waals surface area contributed by atoms with Gasteiger partial charge in [-0.25, -0.2) is 4.79 Å². The molecule has 0 fully saturated rings. The highest BCUT2D eigenvalue weighted by atomic mass is 16.5. The number of carbonyl (C=O) groups is 1.